The van der Waals surface area contributed by atoms with Crippen molar-refractivity contribution >= 4 is 29.1 Å². The Hall–Kier alpha value is -2.40. The maximum absolute atomic E-state index is 11.8. The van der Waals surface area contributed by atoms with E-state index in [0.29, 0.717) is 4.88 Å². The maximum Gasteiger partial charge on any atom is 0.325 e. The fourth-order valence-corrected chi connectivity index (χ4v) is 2.40. The number of aryl methyl sites for hydroxylation is 1. The maximum atomic E-state index is 11.8. The predicted molar refractivity (Wildman–Crippen MR) is 89.3 cm³/mol. The minimum atomic E-state index is -1.03. The lowest BCUT2D eigenvalue weighted by molar-refractivity contribution is -0.147. The number of ether oxygens (including phenoxy) is 1. The smallest absolute Gasteiger partial charge is 0.325 e. The second-order valence-electron chi connectivity index (χ2n) is 5.77. The molecule has 0 saturated heterocycles. The number of hydrogen-bond donors (Lipinski definition) is 2. The summed E-state index contributed by atoms with van der Waals surface area (Å²) in [5, 5.41) is 14.1. The van der Waals surface area contributed by atoms with Gasteiger partial charge in [0, 0.05) is 4.88 Å². The summed E-state index contributed by atoms with van der Waals surface area (Å²) in [5.41, 5.74) is -1.03. The summed E-state index contributed by atoms with van der Waals surface area (Å²) < 4.78 is 4.79. The molecule has 7 nitrogen and oxygen atoms in total. The molecular weight excluding hydrogens is 330 g/mol. The van der Waals surface area contributed by atoms with Crippen molar-refractivity contribution in [2.75, 3.05) is 13.2 Å². The number of amides is 2. The lowest BCUT2D eigenvalue weighted by atomic mass is 9.90. The zero-order valence-electron chi connectivity index (χ0n) is 14.1. The van der Waals surface area contributed by atoms with Gasteiger partial charge in [0.15, 0.2) is 6.61 Å². The highest BCUT2D eigenvalue weighted by Crippen LogP contribution is 2.15. The number of nitrogens with one attached hydrogen (secondary N) is 2. The van der Waals surface area contributed by atoms with Crippen LogP contribution in [0.4, 0.5) is 0 Å². The van der Waals surface area contributed by atoms with Crippen molar-refractivity contribution in [1.29, 1.82) is 5.26 Å². The molecule has 2 amide bonds. The van der Waals surface area contributed by atoms with Gasteiger partial charge in [-0.25, -0.2) is 0 Å². The van der Waals surface area contributed by atoms with Gasteiger partial charge in [-0.05, 0) is 31.9 Å². The third-order valence-electron chi connectivity index (χ3n) is 3.51. The largest absolute Gasteiger partial charge is 0.454 e. The van der Waals surface area contributed by atoms with E-state index < -0.39 is 24.0 Å². The van der Waals surface area contributed by atoms with Gasteiger partial charge >= 0.3 is 5.97 Å². The standard InChI is InChI=1S/C16H21N3O4S/c1-10(2)16(4,9-17)19-13(20)8-23-14(21)7-18-15(22)12-6-5-11(3)24-12/h5-6,10H,7-8H2,1-4H3,(H,18,22)(H,19,20)/t16-/m1/s1. The molecule has 0 aliphatic carbocycles. The highest BCUT2D eigenvalue weighted by atomic mass is 32.1. The van der Waals surface area contributed by atoms with Crippen LogP contribution in [0.2, 0.25) is 0 Å². The zero-order chi connectivity index (χ0) is 18.3. The monoisotopic (exact) mass is 351 g/mol. The number of thiophene rings is 1. The second kappa shape index (κ2) is 8.45. The Kier molecular flexibility index (Phi) is 6.92. The summed E-state index contributed by atoms with van der Waals surface area (Å²) in [7, 11) is 0. The summed E-state index contributed by atoms with van der Waals surface area (Å²) in [6.45, 7) is 6.25. The van der Waals surface area contributed by atoms with Crippen molar-refractivity contribution < 1.29 is 19.1 Å². The van der Waals surface area contributed by atoms with Crippen LogP contribution >= 0.6 is 11.3 Å². The van der Waals surface area contributed by atoms with Crippen molar-refractivity contribution in [3.05, 3.63) is 21.9 Å². The van der Waals surface area contributed by atoms with Crippen molar-refractivity contribution in [3.63, 3.8) is 0 Å². The molecule has 0 unspecified atom stereocenters. The van der Waals surface area contributed by atoms with E-state index in [0.717, 1.165) is 4.88 Å². The van der Waals surface area contributed by atoms with Crippen LogP contribution in [-0.4, -0.2) is 36.5 Å². The van der Waals surface area contributed by atoms with Gasteiger partial charge in [-0.3, -0.25) is 14.4 Å². The molecule has 0 spiro atoms. The molecule has 1 aromatic heterocycles. The van der Waals surface area contributed by atoms with E-state index >= 15 is 0 Å². The van der Waals surface area contributed by atoms with E-state index in [1.807, 2.05) is 19.1 Å². The summed E-state index contributed by atoms with van der Waals surface area (Å²) in [6.07, 6.45) is 0. The molecule has 1 heterocycles. The molecule has 0 fully saturated rings. The van der Waals surface area contributed by atoms with E-state index in [4.69, 9.17) is 10.00 Å². The first kappa shape index (κ1) is 19.6. The molecule has 0 saturated carbocycles. The first-order chi connectivity index (χ1) is 11.2. The molecule has 0 aliphatic heterocycles. The summed E-state index contributed by atoms with van der Waals surface area (Å²) in [5.74, 6) is -1.77. The Morgan fingerprint density at radius 2 is 2.04 bits per heavy atom. The number of rotatable bonds is 7. The van der Waals surface area contributed by atoms with Crippen molar-refractivity contribution in [1.82, 2.24) is 10.6 Å². The first-order valence-electron chi connectivity index (χ1n) is 7.40. The molecule has 1 atom stereocenters. The average Bonchev–Trinajstić information content (AvgIpc) is 2.96. The second-order valence-corrected chi connectivity index (χ2v) is 7.06. The van der Waals surface area contributed by atoms with Gasteiger partial charge in [-0.2, -0.15) is 5.26 Å². The first-order valence-corrected chi connectivity index (χ1v) is 8.22. The van der Waals surface area contributed by atoms with Crippen molar-refractivity contribution in [2.24, 2.45) is 5.92 Å². The third kappa shape index (κ3) is 5.66. The lowest BCUT2D eigenvalue weighted by Gasteiger charge is -2.27. The highest BCUT2D eigenvalue weighted by molar-refractivity contribution is 7.13. The molecule has 0 aliphatic rings. The third-order valence-corrected chi connectivity index (χ3v) is 4.51. The van der Waals surface area contributed by atoms with Gasteiger partial charge in [0.1, 0.15) is 12.1 Å². The van der Waals surface area contributed by atoms with Gasteiger partial charge in [0.2, 0.25) is 0 Å². The molecule has 8 heteroatoms. The minimum Gasteiger partial charge on any atom is -0.454 e. The number of nitriles is 1. The molecule has 1 aromatic rings. The van der Waals surface area contributed by atoms with E-state index in [-0.39, 0.29) is 18.4 Å². The van der Waals surface area contributed by atoms with Crippen molar-refractivity contribution in [2.45, 2.75) is 33.2 Å². The average molecular weight is 351 g/mol. The molecule has 0 aromatic carbocycles. The van der Waals surface area contributed by atoms with Crippen LogP contribution in [0.1, 0.15) is 35.3 Å². The number of esters is 1. The molecule has 0 bridgehead atoms. The fourth-order valence-electron chi connectivity index (χ4n) is 1.62. The Morgan fingerprint density at radius 1 is 1.38 bits per heavy atom. The van der Waals surface area contributed by atoms with Crippen molar-refractivity contribution in [3.8, 4) is 6.07 Å². The summed E-state index contributed by atoms with van der Waals surface area (Å²) in [4.78, 5) is 36.6. The van der Waals surface area contributed by atoms with Crippen LogP contribution in [-0.2, 0) is 14.3 Å². The van der Waals surface area contributed by atoms with Crippen LogP contribution in [0.3, 0.4) is 0 Å². The molecule has 24 heavy (non-hydrogen) atoms. The van der Waals surface area contributed by atoms with Gasteiger partial charge in [-0.1, -0.05) is 13.8 Å². The molecule has 1 rings (SSSR count). The predicted octanol–water partition coefficient (Wildman–Crippen LogP) is 1.38. The van der Waals surface area contributed by atoms with Crippen LogP contribution in [0, 0.1) is 24.2 Å². The summed E-state index contributed by atoms with van der Waals surface area (Å²) in [6, 6.07) is 5.51. The number of carbonyl (C=O) groups is 3. The van der Waals surface area contributed by atoms with Crippen LogP contribution in [0.15, 0.2) is 12.1 Å². The lowest BCUT2D eigenvalue weighted by Crippen LogP contribution is -2.50. The highest BCUT2D eigenvalue weighted by Gasteiger charge is 2.30. The van der Waals surface area contributed by atoms with Gasteiger partial charge in [-0.15, -0.1) is 11.3 Å². The topological polar surface area (TPSA) is 108 Å². The number of carbonyl (C=O) groups excluding carboxylic acids is 3. The normalized spacial score (nSPS) is 12.8. The number of nitrogens with zero attached hydrogens (tertiary/aromatic N) is 1. The van der Waals surface area contributed by atoms with Gasteiger partial charge in [0.25, 0.3) is 11.8 Å². The fraction of sp³-hybridized carbons (Fsp3) is 0.500. The minimum absolute atomic E-state index is 0.101. The SMILES string of the molecule is Cc1ccc(C(=O)NCC(=O)OCC(=O)N[C@](C)(C#N)C(C)C)s1. The van der Waals surface area contributed by atoms with Crippen LogP contribution in [0.25, 0.3) is 0 Å². The van der Waals surface area contributed by atoms with Gasteiger partial charge < -0.3 is 15.4 Å². The quantitative estimate of drug-likeness (QED) is 0.722. The molecular formula is C16H21N3O4S. The van der Waals surface area contributed by atoms with Gasteiger partial charge in [0.05, 0.1) is 10.9 Å². The Balaban J connectivity index is 2.37. The Morgan fingerprint density at radius 3 is 2.54 bits per heavy atom. The van der Waals surface area contributed by atoms with E-state index in [1.54, 1.807) is 26.8 Å². The Bertz CT molecular complexity index is 663. The van der Waals surface area contributed by atoms with Crippen LogP contribution < -0.4 is 10.6 Å². The van der Waals surface area contributed by atoms with Crippen LogP contribution in [0.5, 0.6) is 0 Å². The molecule has 0 radical (unpaired) electrons. The Labute approximate surface area is 145 Å². The van der Waals surface area contributed by atoms with E-state index in [2.05, 4.69) is 10.6 Å². The number of hydrogen-bond acceptors (Lipinski definition) is 6. The summed E-state index contributed by atoms with van der Waals surface area (Å²) >= 11 is 1.32. The molecule has 130 valence electrons. The zero-order valence-corrected chi connectivity index (χ0v) is 15.0. The molecule has 2 N–H and O–H groups in total. The van der Waals surface area contributed by atoms with E-state index in [9.17, 15) is 14.4 Å². The van der Waals surface area contributed by atoms with E-state index in [1.165, 1.54) is 11.3 Å².